The number of anilines is 1. The van der Waals surface area contributed by atoms with Crippen LogP contribution in [0.3, 0.4) is 0 Å². The second-order valence-electron chi connectivity index (χ2n) is 9.44. The Bertz CT molecular complexity index is 1040. The number of piperazine rings is 1. The summed E-state index contributed by atoms with van der Waals surface area (Å²) in [5.41, 5.74) is 1.56. The van der Waals surface area contributed by atoms with Gasteiger partial charge in [0.1, 0.15) is 23.5 Å². The van der Waals surface area contributed by atoms with Crippen molar-refractivity contribution < 1.29 is 8.60 Å². The molecule has 32 heavy (non-hydrogen) atoms. The predicted molar refractivity (Wildman–Crippen MR) is 130 cm³/mol. The lowest BCUT2D eigenvalue weighted by atomic mass is 9.99. The van der Waals surface area contributed by atoms with Crippen molar-refractivity contribution in [3.05, 3.63) is 58.6 Å². The molecule has 1 aliphatic carbocycles. The molecule has 172 valence electrons. The third-order valence-electron chi connectivity index (χ3n) is 6.62. The lowest BCUT2D eigenvalue weighted by molar-refractivity contribution is 0.0214. The second-order valence-corrected chi connectivity index (χ2v) is 11.1. The monoisotopic (exact) mass is 476 g/mol. The van der Waals surface area contributed by atoms with Gasteiger partial charge < -0.3 is 9.62 Å². The van der Waals surface area contributed by atoms with Crippen molar-refractivity contribution in [2.45, 2.75) is 49.6 Å². The number of nitrogens with zero attached hydrogens (tertiary/aromatic N) is 2. The van der Waals surface area contributed by atoms with Crippen LogP contribution in [0.1, 0.15) is 37.8 Å². The normalized spacial score (nSPS) is 19.1. The van der Waals surface area contributed by atoms with Crippen molar-refractivity contribution in [1.82, 2.24) is 9.80 Å². The molecule has 1 saturated heterocycles. The maximum absolute atomic E-state index is 13.6. The van der Waals surface area contributed by atoms with Gasteiger partial charge >= 0.3 is 0 Å². The smallest absolute Gasteiger partial charge is 0.150 e. The van der Waals surface area contributed by atoms with Crippen LogP contribution in [0.25, 0.3) is 0 Å². The van der Waals surface area contributed by atoms with Crippen molar-refractivity contribution in [3.8, 4) is 0 Å². The van der Waals surface area contributed by atoms with Crippen LogP contribution in [0.15, 0.2) is 47.4 Å². The van der Waals surface area contributed by atoms with E-state index < -0.39 is 23.2 Å². The molecule has 4 rings (SSSR count). The third-order valence-corrected chi connectivity index (χ3v) is 8.04. The number of rotatable bonds is 6. The number of hydrogen-bond donors (Lipinski definition) is 2. The van der Waals surface area contributed by atoms with E-state index in [0.717, 1.165) is 24.9 Å². The van der Waals surface area contributed by atoms with Crippen LogP contribution in [0.4, 0.5) is 10.1 Å². The Hall–Kier alpha value is -1.96. The van der Waals surface area contributed by atoms with Gasteiger partial charge in [-0.2, -0.15) is 0 Å². The van der Waals surface area contributed by atoms with Crippen LogP contribution in [-0.2, 0) is 11.0 Å². The van der Waals surface area contributed by atoms with Crippen molar-refractivity contribution in [2.24, 2.45) is 0 Å². The molecule has 1 saturated carbocycles. The number of aryl methyl sites for hydroxylation is 1. The van der Waals surface area contributed by atoms with Gasteiger partial charge in [-0.3, -0.25) is 10.3 Å². The molecule has 0 bridgehead atoms. The Morgan fingerprint density at radius 1 is 1.22 bits per heavy atom. The highest BCUT2D eigenvalue weighted by Gasteiger charge is 2.54. The van der Waals surface area contributed by atoms with Crippen molar-refractivity contribution in [2.75, 3.05) is 31.0 Å². The zero-order valence-electron chi connectivity index (χ0n) is 18.8. The molecule has 1 heterocycles. The van der Waals surface area contributed by atoms with E-state index in [9.17, 15) is 8.60 Å². The summed E-state index contributed by atoms with van der Waals surface area (Å²) >= 11 is 6.56. The van der Waals surface area contributed by atoms with Gasteiger partial charge in [0.15, 0.2) is 0 Å². The number of alkyl halides is 1. The highest BCUT2D eigenvalue weighted by Crippen LogP contribution is 2.47. The lowest BCUT2D eigenvalue weighted by Crippen LogP contribution is -2.62. The van der Waals surface area contributed by atoms with Crippen molar-refractivity contribution >= 4 is 34.1 Å². The number of amidine groups is 1. The number of hydrogen-bond acceptors (Lipinski definition) is 3. The minimum Gasteiger partial charge on any atom is -0.348 e. The van der Waals surface area contributed by atoms with E-state index in [0.29, 0.717) is 40.1 Å². The molecule has 5 nitrogen and oxygen atoms in total. The fraction of sp³-hybridized carbons (Fsp3) is 0.458. The van der Waals surface area contributed by atoms with E-state index in [4.69, 9.17) is 17.0 Å². The molecular weight excluding hydrogens is 447 g/mol. The average Bonchev–Trinajstić information content (AvgIpc) is 3.53. The van der Waals surface area contributed by atoms with E-state index in [1.54, 1.807) is 12.1 Å². The minimum absolute atomic E-state index is 0.158. The van der Waals surface area contributed by atoms with Gasteiger partial charge in [-0.25, -0.2) is 8.60 Å². The molecule has 1 aliphatic heterocycles. The molecule has 8 heteroatoms. The molecule has 0 amide bonds. The Morgan fingerprint density at radius 2 is 1.91 bits per heavy atom. The van der Waals surface area contributed by atoms with Crippen molar-refractivity contribution in [3.63, 3.8) is 0 Å². The molecule has 2 aromatic carbocycles. The molecule has 1 unspecified atom stereocenters. The maximum Gasteiger partial charge on any atom is 0.150 e. The predicted octanol–water partition coefficient (Wildman–Crippen LogP) is 5.01. The Balaban J connectivity index is 1.58. The average molecular weight is 477 g/mol. The second kappa shape index (κ2) is 8.76. The van der Waals surface area contributed by atoms with Crippen LogP contribution < -0.4 is 4.72 Å². The number of benzene rings is 2. The number of nitrogens with one attached hydrogen (secondary N) is 2. The maximum atomic E-state index is 13.6. The van der Waals surface area contributed by atoms with Gasteiger partial charge in [-0.15, -0.1) is 0 Å². The highest BCUT2D eigenvalue weighted by atomic mass is 35.5. The fourth-order valence-corrected chi connectivity index (χ4v) is 5.44. The van der Waals surface area contributed by atoms with Crippen LogP contribution in [-0.4, -0.2) is 57.2 Å². The summed E-state index contributed by atoms with van der Waals surface area (Å²) in [6.07, 6.45) is 1.94. The first-order valence-electron chi connectivity index (χ1n) is 10.9. The molecule has 0 radical (unpaired) electrons. The van der Waals surface area contributed by atoms with E-state index in [1.165, 1.54) is 0 Å². The van der Waals surface area contributed by atoms with Gasteiger partial charge in [0.05, 0.1) is 26.7 Å². The van der Waals surface area contributed by atoms with Crippen LogP contribution in [0, 0.1) is 12.3 Å². The van der Waals surface area contributed by atoms with Crippen LogP contribution in [0.2, 0.25) is 5.02 Å². The number of halogens is 2. The lowest BCUT2D eigenvalue weighted by Gasteiger charge is -2.48. The Kier molecular flexibility index (Phi) is 6.36. The third kappa shape index (κ3) is 4.43. The van der Waals surface area contributed by atoms with E-state index >= 15 is 0 Å². The molecule has 2 N–H and O–H groups in total. The molecule has 2 aliphatic rings. The Morgan fingerprint density at radius 3 is 2.53 bits per heavy atom. The summed E-state index contributed by atoms with van der Waals surface area (Å²) in [4.78, 5) is 4.97. The van der Waals surface area contributed by atoms with Gasteiger partial charge in [-0.05, 0) is 57.9 Å². The summed E-state index contributed by atoms with van der Waals surface area (Å²) in [5, 5.41) is 9.50. The molecule has 2 aromatic rings. The SMILES string of the molecule is Cc1ccc(S(=O)Nc2cccc(Cl)c2C(=N)N2CCN(C(C)(C)CF)CC23CC3)cc1. The van der Waals surface area contributed by atoms with Gasteiger partial charge in [0.25, 0.3) is 0 Å². The van der Waals surface area contributed by atoms with E-state index in [-0.39, 0.29) is 5.54 Å². The first kappa shape index (κ1) is 23.2. The minimum atomic E-state index is -1.48. The highest BCUT2D eigenvalue weighted by molar-refractivity contribution is 7.86. The fourth-order valence-electron chi connectivity index (χ4n) is 4.31. The zero-order valence-corrected chi connectivity index (χ0v) is 20.3. The zero-order chi connectivity index (χ0) is 23.1. The summed E-state index contributed by atoms with van der Waals surface area (Å²) in [7, 11) is -1.48. The van der Waals surface area contributed by atoms with Gasteiger partial charge in [0.2, 0.25) is 0 Å². The van der Waals surface area contributed by atoms with E-state index in [2.05, 4.69) is 14.5 Å². The summed E-state index contributed by atoms with van der Waals surface area (Å²) in [5.74, 6) is 0.328. The topological polar surface area (TPSA) is 59.4 Å². The standard InChI is InChI=1S/C24H30ClFN4OS/c1-17-7-9-18(10-8-17)32(31)28-20-6-4-5-19(25)21(20)22(27)30-14-13-29(23(2,3)15-26)16-24(30)11-12-24/h4-10,27-28H,11-16H2,1-3H3. The largest absolute Gasteiger partial charge is 0.348 e. The summed E-state index contributed by atoms with van der Waals surface area (Å²) in [6.45, 7) is 7.50. The first-order chi connectivity index (χ1) is 15.2. The molecular formula is C24H30ClFN4OS. The van der Waals surface area contributed by atoms with Crippen molar-refractivity contribution in [1.29, 1.82) is 5.41 Å². The van der Waals surface area contributed by atoms with Crippen LogP contribution >= 0.6 is 11.6 Å². The summed E-state index contributed by atoms with van der Waals surface area (Å²) in [6, 6.07) is 12.9. The van der Waals surface area contributed by atoms with Crippen LogP contribution in [0.5, 0.6) is 0 Å². The quantitative estimate of drug-likeness (QED) is 0.455. The molecule has 0 aromatic heterocycles. The molecule has 1 spiro atoms. The summed E-state index contributed by atoms with van der Waals surface area (Å²) < 4.78 is 29.6. The molecule has 1 atom stereocenters. The molecule has 2 fully saturated rings. The van der Waals surface area contributed by atoms with E-state index in [1.807, 2.05) is 51.1 Å². The Labute approximate surface area is 197 Å². The first-order valence-corrected chi connectivity index (χ1v) is 12.4. The van der Waals surface area contributed by atoms with Gasteiger partial charge in [-0.1, -0.05) is 35.4 Å². The van der Waals surface area contributed by atoms with Gasteiger partial charge in [0, 0.05) is 25.2 Å².